The van der Waals surface area contributed by atoms with E-state index >= 15 is 0 Å². The summed E-state index contributed by atoms with van der Waals surface area (Å²) in [5.74, 6) is 0.171. The summed E-state index contributed by atoms with van der Waals surface area (Å²) in [6.07, 6.45) is -0.435. The third-order valence-electron chi connectivity index (χ3n) is 5.51. The van der Waals surface area contributed by atoms with Crippen molar-refractivity contribution in [1.29, 1.82) is 0 Å². The quantitative estimate of drug-likeness (QED) is 0.356. The highest BCUT2D eigenvalue weighted by Gasteiger charge is 2.25. The Kier molecular flexibility index (Phi) is 4.68. The number of hydrogen-bond acceptors (Lipinski definition) is 3. The average molecular weight is 407 g/mol. The van der Waals surface area contributed by atoms with Crippen molar-refractivity contribution in [3.8, 4) is 28.0 Å². The minimum absolute atomic E-state index is 0.171. The molecule has 1 heterocycles. The lowest BCUT2D eigenvalue weighted by Crippen LogP contribution is -2.13. The fourth-order valence-corrected chi connectivity index (χ4v) is 4.27. The van der Waals surface area contributed by atoms with Gasteiger partial charge in [0.1, 0.15) is 5.75 Å². The molecule has 0 aliphatic carbocycles. The monoisotopic (exact) mass is 407 g/mol. The van der Waals surface area contributed by atoms with Gasteiger partial charge in [-0.2, -0.15) is 0 Å². The van der Waals surface area contributed by atoms with Gasteiger partial charge < -0.3 is 9.84 Å². The van der Waals surface area contributed by atoms with Gasteiger partial charge in [-0.1, -0.05) is 78.9 Å². The van der Waals surface area contributed by atoms with Crippen LogP contribution in [-0.4, -0.2) is 22.4 Å². The number of phenols is 1. The molecule has 31 heavy (non-hydrogen) atoms. The molecular formula is C27H21NO3. The van der Waals surface area contributed by atoms with Gasteiger partial charge in [0.05, 0.1) is 17.6 Å². The third-order valence-corrected chi connectivity index (χ3v) is 5.51. The fourth-order valence-electron chi connectivity index (χ4n) is 4.27. The number of benzene rings is 4. The average Bonchev–Trinajstić information content (AvgIpc) is 3.13. The smallest absolute Gasteiger partial charge is 0.418 e. The number of aromatic hydroxyl groups is 1. The molecule has 4 nitrogen and oxygen atoms in total. The number of fused-ring (bicyclic) bond motifs is 3. The molecule has 0 aliphatic heterocycles. The zero-order valence-corrected chi connectivity index (χ0v) is 17.1. The molecule has 1 aromatic heterocycles. The number of rotatable bonds is 3. The van der Waals surface area contributed by atoms with E-state index in [1.165, 1.54) is 0 Å². The van der Waals surface area contributed by atoms with Gasteiger partial charge in [-0.25, -0.2) is 9.36 Å². The number of hydrogen-bond donors (Lipinski definition) is 1. The summed E-state index contributed by atoms with van der Waals surface area (Å²) in [5.41, 5.74) is 4.75. The predicted octanol–water partition coefficient (Wildman–Crippen LogP) is 6.84. The summed E-state index contributed by atoms with van der Waals surface area (Å²) in [7, 11) is 0. The van der Waals surface area contributed by atoms with Gasteiger partial charge in [0, 0.05) is 21.9 Å². The first-order chi connectivity index (χ1) is 15.2. The molecule has 4 heteroatoms. The molecule has 0 amide bonds. The summed E-state index contributed by atoms with van der Waals surface area (Å²) in [6.45, 7) is 2.07. The van der Waals surface area contributed by atoms with Crippen LogP contribution in [0.3, 0.4) is 0 Å². The first-order valence-corrected chi connectivity index (χ1v) is 10.3. The highest BCUT2D eigenvalue weighted by atomic mass is 16.5. The van der Waals surface area contributed by atoms with Gasteiger partial charge in [-0.05, 0) is 30.2 Å². The van der Waals surface area contributed by atoms with Crippen molar-refractivity contribution in [3.63, 3.8) is 0 Å². The number of carbonyl (C=O) groups excluding carboxylic acids is 1. The molecule has 0 saturated carbocycles. The van der Waals surface area contributed by atoms with Gasteiger partial charge in [-0.15, -0.1) is 0 Å². The van der Waals surface area contributed by atoms with E-state index in [1.54, 1.807) is 17.6 Å². The van der Waals surface area contributed by atoms with Crippen molar-refractivity contribution in [2.75, 3.05) is 6.61 Å². The molecule has 0 fully saturated rings. The van der Waals surface area contributed by atoms with Gasteiger partial charge in [-0.3, -0.25) is 0 Å². The van der Waals surface area contributed by atoms with Crippen LogP contribution in [0.4, 0.5) is 4.79 Å². The molecule has 5 rings (SSSR count). The summed E-state index contributed by atoms with van der Waals surface area (Å²) in [4.78, 5) is 13.1. The number of aromatic nitrogens is 1. The van der Waals surface area contributed by atoms with Crippen LogP contribution in [0.25, 0.3) is 44.1 Å². The second-order valence-electron chi connectivity index (χ2n) is 7.33. The van der Waals surface area contributed by atoms with Crippen LogP contribution in [0.5, 0.6) is 5.75 Å². The largest absolute Gasteiger partial charge is 0.507 e. The van der Waals surface area contributed by atoms with Crippen LogP contribution in [0.15, 0.2) is 91.0 Å². The molecule has 5 aromatic rings. The molecule has 0 atom stereocenters. The van der Waals surface area contributed by atoms with Crippen molar-refractivity contribution in [1.82, 2.24) is 4.57 Å². The van der Waals surface area contributed by atoms with Crippen LogP contribution in [0.2, 0.25) is 0 Å². The molecule has 0 spiro atoms. The Hall–Kier alpha value is -4.05. The number of ether oxygens (including phenoxy) is 1. The zero-order valence-electron chi connectivity index (χ0n) is 17.1. The van der Waals surface area contributed by atoms with Crippen molar-refractivity contribution < 1.29 is 14.6 Å². The molecule has 152 valence electrons. The standard InChI is InChI=1S/C27H21NO3/c1-2-31-27(30)28-22-16-10-9-15-20(22)21-17-23(29)24(18-11-5-3-6-12-18)25(26(21)28)19-13-7-4-8-14-19/h3-17,29H,2H2,1H3. The van der Waals surface area contributed by atoms with Crippen molar-refractivity contribution >= 4 is 27.9 Å². The Labute approximate surface area is 179 Å². The van der Waals surface area contributed by atoms with Crippen LogP contribution in [-0.2, 0) is 4.74 Å². The van der Waals surface area contributed by atoms with Gasteiger partial charge in [0.2, 0.25) is 0 Å². The second-order valence-corrected chi connectivity index (χ2v) is 7.33. The Morgan fingerprint density at radius 2 is 1.39 bits per heavy atom. The summed E-state index contributed by atoms with van der Waals surface area (Å²) < 4.78 is 7.06. The highest BCUT2D eigenvalue weighted by molar-refractivity contribution is 6.19. The number of carbonyl (C=O) groups is 1. The lowest BCUT2D eigenvalue weighted by molar-refractivity contribution is 0.156. The van der Waals surface area contributed by atoms with Gasteiger partial charge in [0.15, 0.2) is 0 Å². The van der Waals surface area contributed by atoms with Gasteiger partial charge >= 0.3 is 6.09 Å². The van der Waals surface area contributed by atoms with E-state index in [-0.39, 0.29) is 12.4 Å². The lowest BCUT2D eigenvalue weighted by Gasteiger charge is -2.16. The Morgan fingerprint density at radius 1 is 0.806 bits per heavy atom. The molecule has 0 bridgehead atoms. The normalized spacial score (nSPS) is 11.1. The number of nitrogens with zero attached hydrogens (tertiary/aromatic N) is 1. The summed E-state index contributed by atoms with van der Waals surface area (Å²) in [5, 5.41) is 12.9. The molecule has 1 N–H and O–H groups in total. The maximum atomic E-state index is 13.1. The molecule has 0 aliphatic rings. The molecule has 0 radical (unpaired) electrons. The van der Waals surface area contributed by atoms with Crippen LogP contribution in [0.1, 0.15) is 6.92 Å². The second kappa shape index (κ2) is 7.65. The molecule has 0 saturated heterocycles. The van der Waals surface area contributed by atoms with E-state index in [0.29, 0.717) is 5.56 Å². The van der Waals surface area contributed by atoms with Gasteiger partial charge in [0.25, 0.3) is 0 Å². The van der Waals surface area contributed by atoms with Crippen LogP contribution < -0.4 is 0 Å². The maximum absolute atomic E-state index is 13.1. The Bertz CT molecular complexity index is 1400. The predicted molar refractivity (Wildman–Crippen MR) is 124 cm³/mol. The fraction of sp³-hybridized carbons (Fsp3) is 0.0741. The SMILES string of the molecule is CCOC(=O)n1c2ccccc2c2cc(O)c(-c3ccccc3)c(-c3ccccc3)c21. The minimum Gasteiger partial charge on any atom is -0.507 e. The maximum Gasteiger partial charge on any atom is 0.418 e. The van der Waals surface area contributed by atoms with Crippen LogP contribution in [0, 0.1) is 0 Å². The molecule has 0 unspecified atom stereocenters. The van der Waals surface area contributed by atoms with E-state index in [0.717, 1.165) is 38.5 Å². The molecule has 4 aromatic carbocycles. The van der Waals surface area contributed by atoms with Crippen LogP contribution >= 0.6 is 0 Å². The third kappa shape index (κ3) is 3.04. The summed E-state index contributed by atoms with van der Waals surface area (Å²) >= 11 is 0. The van der Waals surface area contributed by atoms with Crippen molar-refractivity contribution in [2.24, 2.45) is 0 Å². The van der Waals surface area contributed by atoms with E-state index in [4.69, 9.17) is 4.74 Å². The lowest BCUT2D eigenvalue weighted by atomic mass is 9.91. The van der Waals surface area contributed by atoms with E-state index in [9.17, 15) is 9.90 Å². The first kappa shape index (κ1) is 18.9. The molecular weight excluding hydrogens is 386 g/mol. The van der Waals surface area contributed by atoms with E-state index < -0.39 is 6.09 Å². The first-order valence-electron chi connectivity index (χ1n) is 10.3. The minimum atomic E-state index is -0.435. The number of para-hydroxylation sites is 1. The van der Waals surface area contributed by atoms with E-state index in [1.807, 2.05) is 84.9 Å². The van der Waals surface area contributed by atoms with E-state index in [2.05, 4.69) is 0 Å². The Morgan fingerprint density at radius 3 is 2.03 bits per heavy atom. The summed E-state index contributed by atoms with van der Waals surface area (Å²) in [6, 6.07) is 29.0. The zero-order chi connectivity index (χ0) is 21.4. The van der Waals surface area contributed by atoms with Crippen molar-refractivity contribution in [3.05, 3.63) is 91.0 Å². The van der Waals surface area contributed by atoms with Crippen molar-refractivity contribution in [2.45, 2.75) is 6.92 Å². The number of phenolic OH excluding ortho intramolecular Hbond substituents is 1. The highest BCUT2D eigenvalue weighted by Crippen LogP contribution is 2.46. The Balaban J connectivity index is 2.03. The topological polar surface area (TPSA) is 51.5 Å².